The molecular formula is C24H29N5O3. The van der Waals surface area contributed by atoms with Gasteiger partial charge in [0.15, 0.2) is 5.78 Å². The first-order chi connectivity index (χ1) is 15.4. The molecule has 1 saturated carbocycles. The number of nitriles is 1. The van der Waals surface area contributed by atoms with E-state index in [1.165, 1.54) is 0 Å². The number of carbonyl (C=O) groups is 3. The molecule has 0 bridgehead atoms. The van der Waals surface area contributed by atoms with E-state index in [0.717, 1.165) is 37.1 Å². The second-order valence-electron chi connectivity index (χ2n) is 8.78. The number of rotatable bonds is 6. The fraction of sp³-hybridized carbons (Fsp3) is 0.500. The Bertz CT molecular complexity index is 968. The van der Waals surface area contributed by atoms with Gasteiger partial charge in [0.2, 0.25) is 11.8 Å². The molecule has 32 heavy (non-hydrogen) atoms. The number of hydrogen-bond donors (Lipinski definition) is 1. The first-order valence-electron chi connectivity index (χ1n) is 11.2. The Kier molecular flexibility index (Phi) is 6.17. The van der Waals surface area contributed by atoms with Gasteiger partial charge >= 0.3 is 0 Å². The number of para-hydroxylation sites is 2. The van der Waals surface area contributed by atoms with Crippen molar-refractivity contribution in [3.63, 3.8) is 0 Å². The Morgan fingerprint density at radius 2 is 1.59 bits per heavy atom. The summed E-state index contributed by atoms with van der Waals surface area (Å²) in [6, 6.07) is 9.78. The van der Waals surface area contributed by atoms with Gasteiger partial charge in [0.25, 0.3) is 0 Å². The second kappa shape index (κ2) is 9.03. The van der Waals surface area contributed by atoms with Crippen LogP contribution >= 0.6 is 0 Å². The fourth-order valence-electron chi connectivity index (χ4n) is 4.54. The summed E-state index contributed by atoms with van der Waals surface area (Å²) in [7, 11) is 3.66. The van der Waals surface area contributed by atoms with E-state index in [1.807, 2.05) is 53.1 Å². The van der Waals surface area contributed by atoms with Crippen LogP contribution in [0.2, 0.25) is 0 Å². The van der Waals surface area contributed by atoms with Crippen molar-refractivity contribution in [2.75, 3.05) is 37.0 Å². The van der Waals surface area contributed by atoms with Crippen LogP contribution in [0.25, 0.3) is 0 Å². The molecule has 0 aromatic heterocycles. The third-order valence-electron chi connectivity index (χ3n) is 6.53. The molecule has 168 valence electrons. The number of nitrogens with zero attached hydrogens (tertiary/aromatic N) is 4. The molecule has 2 aliphatic heterocycles. The van der Waals surface area contributed by atoms with Crippen molar-refractivity contribution in [2.45, 2.75) is 44.6 Å². The number of benzene rings is 1. The maximum Gasteiger partial charge on any atom is 0.225 e. The average molecular weight is 436 g/mol. The largest absolute Gasteiger partial charge is 0.353 e. The maximum absolute atomic E-state index is 12.8. The van der Waals surface area contributed by atoms with Crippen molar-refractivity contribution in [1.82, 2.24) is 10.2 Å². The van der Waals surface area contributed by atoms with Crippen LogP contribution in [0.4, 0.5) is 11.4 Å². The first kappa shape index (κ1) is 21.9. The van der Waals surface area contributed by atoms with Crippen molar-refractivity contribution in [3.05, 3.63) is 35.7 Å². The molecule has 0 spiro atoms. The number of fused-ring (bicyclic) bond motifs is 1. The molecule has 1 saturated heterocycles. The fourth-order valence-corrected chi connectivity index (χ4v) is 4.54. The highest BCUT2D eigenvalue weighted by Crippen LogP contribution is 2.40. The lowest BCUT2D eigenvalue weighted by Gasteiger charge is -2.32. The lowest BCUT2D eigenvalue weighted by atomic mass is 10.0. The molecule has 2 amide bonds. The number of amides is 2. The SMILES string of the molecule is CN1C(=C(C#N)C(=O)CCC(=O)NC2CCN(C(=O)C3CC3)CC2)N(C)c2ccccc21. The summed E-state index contributed by atoms with van der Waals surface area (Å²) in [6.45, 7) is 1.34. The van der Waals surface area contributed by atoms with Crippen molar-refractivity contribution >= 4 is 29.0 Å². The molecule has 1 aliphatic carbocycles. The summed E-state index contributed by atoms with van der Waals surface area (Å²) in [5.41, 5.74) is 1.91. The summed E-state index contributed by atoms with van der Waals surface area (Å²) in [6.07, 6.45) is 3.50. The minimum absolute atomic E-state index is 0.0186. The topological polar surface area (TPSA) is 96.7 Å². The average Bonchev–Trinajstić information content (AvgIpc) is 3.62. The molecule has 0 unspecified atom stereocenters. The van der Waals surface area contributed by atoms with Crippen LogP contribution in [-0.2, 0) is 14.4 Å². The predicted octanol–water partition coefficient (Wildman–Crippen LogP) is 2.17. The Hall–Kier alpha value is -3.34. The molecule has 0 radical (unpaired) electrons. The summed E-state index contributed by atoms with van der Waals surface area (Å²) >= 11 is 0. The molecule has 4 rings (SSSR count). The van der Waals surface area contributed by atoms with Crippen LogP contribution in [0, 0.1) is 17.2 Å². The summed E-state index contributed by atoms with van der Waals surface area (Å²) < 4.78 is 0. The van der Waals surface area contributed by atoms with Crippen LogP contribution in [0.15, 0.2) is 35.7 Å². The van der Waals surface area contributed by atoms with Crippen LogP contribution in [0.5, 0.6) is 0 Å². The van der Waals surface area contributed by atoms with Gasteiger partial charge in [-0.05, 0) is 37.8 Å². The third kappa shape index (κ3) is 4.33. The number of allylic oxidation sites excluding steroid dienone is 1. The van der Waals surface area contributed by atoms with Gasteiger partial charge in [0.05, 0.1) is 11.4 Å². The molecule has 8 heteroatoms. The Morgan fingerprint density at radius 1 is 1.00 bits per heavy atom. The van der Waals surface area contributed by atoms with Crippen molar-refractivity contribution in [1.29, 1.82) is 5.26 Å². The van der Waals surface area contributed by atoms with Gasteiger partial charge in [-0.1, -0.05) is 12.1 Å². The zero-order chi connectivity index (χ0) is 22.8. The van der Waals surface area contributed by atoms with E-state index in [9.17, 15) is 19.6 Å². The lowest BCUT2D eigenvalue weighted by Crippen LogP contribution is -2.47. The van der Waals surface area contributed by atoms with Crippen LogP contribution in [-0.4, -0.2) is 55.7 Å². The summed E-state index contributed by atoms with van der Waals surface area (Å²) in [5.74, 6) is 0.479. The minimum atomic E-state index is -0.339. The van der Waals surface area contributed by atoms with Crippen LogP contribution in [0.1, 0.15) is 38.5 Å². The zero-order valence-electron chi connectivity index (χ0n) is 18.6. The standard InChI is InChI=1S/C24H29N5O3/c1-27-19-5-3-4-6-20(19)28(2)23(27)18(15-25)21(30)9-10-22(31)26-17-11-13-29(14-12-17)24(32)16-7-8-16/h3-6,16-17H,7-14H2,1-2H3,(H,26,31). The molecule has 3 aliphatic rings. The highest BCUT2D eigenvalue weighted by molar-refractivity contribution is 6.03. The van der Waals surface area contributed by atoms with E-state index >= 15 is 0 Å². The number of piperidine rings is 1. The first-order valence-corrected chi connectivity index (χ1v) is 11.2. The predicted molar refractivity (Wildman–Crippen MR) is 121 cm³/mol. The van der Waals surface area contributed by atoms with Gasteiger partial charge in [-0.25, -0.2) is 0 Å². The van der Waals surface area contributed by atoms with Gasteiger partial charge in [-0.3, -0.25) is 14.4 Å². The van der Waals surface area contributed by atoms with E-state index in [1.54, 1.807) is 0 Å². The molecule has 1 aromatic rings. The van der Waals surface area contributed by atoms with Crippen molar-refractivity contribution in [2.24, 2.45) is 5.92 Å². The third-order valence-corrected chi connectivity index (χ3v) is 6.53. The molecule has 2 fully saturated rings. The number of anilines is 2. The number of likely N-dealkylation sites (tertiary alicyclic amines) is 1. The zero-order valence-corrected chi connectivity index (χ0v) is 18.6. The quantitative estimate of drug-likeness (QED) is 0.543. The Balaban J connectivity index is 1.30. The van der Waals surface area contributed by atoms with Crippen molar-refractivity contribution < 1.29 is 14.4 Å². The van der Waals surface area contributed by atoms with E-state index in [-0.39, 0.29) is 48.0 Å². The van der Waals surface area contributed by atoms with Crippen LogP contribution < -0.4 is 15.1 Å². The van der Waals surface area contributed by atoms with Crippen molar-refractivity contribution in [3.8, 4) is 6.07 Å². The van der Waals surface area contributed by atoms with Crippen LogP contribution in [0.3, 0.4) is 0 Å². The van der Waals surface area contributed by atoms with E-state index in [0.29, 0.717) is 18.9 Å². The van der Waals surface area contributed by atoms with E-state index < -0.39 is 0 Å². The molecule has 1 N–H and O–H groups in total. The number of ketones is 1. The summed E-state index contributed by atoms with van der Waals surface area (Å²) in [5, 5.41) is 12.7. The summed E-state index contributed by atoms with van der Waals surface area (Å²) in [4.78, 5) is 43.0. The highest BCUT2D eigenvalue weighted by Gasteiger charge is 2.35. The number of carbonyl (C=O) groups excluding carboxylic acids is 3. The number of Topliss-reactive ketones (excluding diaryl/α,β-unsaturated/α-hetero) is 1. The lowest BCUT2D eigenvalue weighted by molar-refractivity contribution is -0.133. The smallest absolute Gasteiger partial charge is 0.225 e. The monoisotopic (exact) mass is 435 g/mol. The normalized spacial score (nSPS) is 18.3. The van der Waals surface area contributed by atoms with E-state index in [2.05, 4.69) is 11.4 Å². The van der Waals surface area contributed by atoms with Gasteiger partial charge in [-0.2, -0.15) is 5.26 Å². The minimum Gasteiger partial charge on any atom is -0.353 e. The number of hydrogen-bond acceptors (Lipinski definition) is 6. The van der Waals surface area contributed by atoms with Gasteiger partial charge in [0, 0.05) is 52.0 Å². The van der Waals surface area contributed by atoms with Gasteiger partial charge < -0.3 is 20.0 Å². The molecule has 1 aromatic carbocycles. The molecule has 0 atom stereocenters. The maximum atomic E-state index is 12.8. The Labute approximate surface area is 188 Å². The van der Waals surface area contributed by atoms with Gasteiger partial charge in [0.1, 0.15) is 17.5 Å². The number of nitrogens with one attached hydrogen (secondary N) is 1. The van der Waals surface area contributed by atoms with E-state index in [4.69, 9.17) is 0 Å². The van der Waals surface area contributed by atoms with Gasteiger partial charge in [-0.15, -0.1) is 0 Å². The molecular weight excluding hydrogens is 406 g/mol. The molecule has 8 nitrogen and oxygen atoms in total. The Morgan fingerprint density at radius 3 is 2.12 bits per heavy atom. The highest BCUT2D eigenvalue weighted by atomic mass is 16.2. The second-order valence-corrected chi connectivity index (χ2v) is 8.78. The molecule has 2 heterocycles.